The lowest BCUT2D eigenvalue weighted by Gasteiger charge is -2.11. The van der Waals surface area contributed by atoms with Crippen LogP contribution < -0.4 is 5.32 Å². The Morgan fingerprint density at radius 1 is 1.10 bits per heavy atom. The molecule has 30 heavy (non-hydrogen) atoms. The van der Waals surface area contributed by atoms with Gasteiger partial charge in [0.15, 0.2) is 0 Å². The van der Waals surface area contributed by atoms with E-state index in [9.17, 15) is 9.90 Å². The fraction of sp³-hybridized carbons (Fsp3) is 0.519. The van der Waals surface area contributed by atoms with E-state index < -0.39 is 6.10 Å². The van der Waals surface area contributed by atoms with Gasteiger partial charge in [0.1, 0.15) is 6.10 Å². The smallest absolute Gasteiger partial charge is 0.249 e. The highest BCUT2D eigenvalue weighted by Gasteiger charge is 2.13. The molecule has 1 rings (SSSR count). The molecule has 1 unspecified atom stereocenters. The van der Waals surface area contributed by atoms with Crippen LogP contribution in [0, 0.1) is 11.8 Å². The van der Waals surface area contributed by atoms with Gasteiger partial charge in [-0.1, -0.05) is 94.7 Å². The number of aliphatic hydroxyl groups is 1. The van der Waals surface area contributed by atoms with Crippen molar-refractivity contribution in [3.8, 4) is 11.8 Å². The Hall–Kier alpha value is -2.31. The van der Waals surface area contributed by atoms with Gasteiger partial charge >= 0.3 is 0 Å². The van der Waals surface area contributed by atoms with Gasteiger partial charge in [-0.3, -0.25) is 4.79 Å². The summed E-state index contributed by atoms with van der Waals surface area (Å²) in [5.74, 6) is 5.92. The third kappa shape index (κ3) is 19.0. The van der Waals surface area contributed by atoms with Gasteiger partial charge in [0.25, 0.3) is 0 Å². The van der Waals surface area contributed by atoms with Crippen molar-refractivity contribution in [2.45, 2.75) is 91.2 Å². The van der Waals surface area contributed by atoms with E-state index in [4.69, 9.17) is 0 Å². The van der Waals surface area contributed by atoms with Gasteiger partial charge in [-0.05, 0) is 37.3 Å². The maximum atomic E-state index is 11.9. The molecule has 168 valence electrons. The Bertz CT molecular complexity index is 584. The molecule has 1 aromatic carbocycles. The summed E-state index contributed by atoms with van der Waals surface area (Å²) in [4.78, 5) is 11.9. The fourth-order valence-electron chi connectivity index (χ4n) is 2.53. The molecule has 1 amide bonds. The second-order valence-corrected chi connectivity index (χ2v) is 6.54. The lowest BCUT2D eigenvalue weighted by atomic mass is 10.1. The molecule has 0 saturated carbocycles. The Balaban J connectivity index is 0. The first-order valence-corrected chi connectivity index (χ1v) is 11.4. The number of amides is 1. The maximum absolute atomic E-state index is 11.9. The zero-order valence-corrected chi connectivity index (χ0v) is 19.5. The van der Waals surface area contributed by atoms with Crippen molar-refractivity contribution < 1.29 is 9.90 Å². The molecule has 3 nitrogen and oxygen atoms in total. The Morgan fingerprint density at radius 2 is 1.77 bits per heavy atom. The molecule has 2 N–H and O–H groups in total. The van der Waals surface area contributed by atoms with Crippen molar-refractivity contribution in [2.75, 3.05) is 0 Å². The van der Waals surface area contributed by atoms with E-state index >= 15 is 0 Å². The molecule has 0 radical (unpaired) electrons. The normalized spacial score (nSPS) is 10.5. The number of hydrogen-bond acceptors (Lipinski definition) is 2. The predicted molar refractivity (Wildman–Crippen MR) is 131 cm³/mol. The number of hydrogen-bond donors (Lipinski definition) is 2. The number of aliphatic hydroxyl groups excluding tert-OH is 1. The van der Waals surface area contributed by atoms with Gasteiger partial charge in [-0.15, -0.1) is 13.2 Å². The van der Waals surface area contributed by atoms with Crippen LogP contribution in [0.3, 0.4) is 0 Å². The minimum Gasteiger partial charge on any atom is -0.383 e. The lowest BCUT2D eigenvalue weighted by Crippen LogP contribution is -2.34. The standard InChI is InChI=1S/C23H33NO2.C2H6.C2H4/c1-2-3-4-5-6-7-8-9-10-11-12-16-19-22(25)23(26)24-20-21-17-14-13-15-18-21;2*1-2/h7-8,13-15,17-18,22,25H,2-4,9-12,16,19-20H2,1H3,(H,24,26);1-2H3;1-2H2/b8-7+;;. The van der Waals surface area contributed by atoms with Crippen LogP contribution in [0.1, 0.15) is 84.1 Å². The summed E-state index contributed by atoms with van der Waals surface area (Å²) >= 11 is 0. The molecule has 0 aliphatic heterocycles. The van der Waals surface area contributed by atoms with Crippen LogP contribution in [0.15, 0.2) is 55.6 Å². The van der Waals surface area contributed by atoms with Crippen LogP contribution in [0.5, 0.6) is 0 Å². The summed E-state index contributed by atoms with van der Waals surface area (Å²) < 4.78 is 0. The molecule has 0 aromatic heterocycles. The summed E-state index contributed by atoms with van der Waals surface area (Å²) in [6.07, 6.45) is 12.3. The number of rotatable bonds is 12. The Labute approximate surface area is 185 Å². The van der Waals surface area contributed by atoms with E-state index in [0.717, 1.165) is 44.1 Å². The first-order chi connectivity index (χ1) is 14.7. The predicted octanol–water partition coefficient (Wildman–Crippen LogP) is 6.58. The van der Waals surface area contributed by atoms with Gasteiger partial charge in [0, 0.05) is 13.0 Å². The van der Waals surface area contributed by atoms with Gasteiger partial charge in [-0.2, -0.15) is 0 Å². The highest BCUT2D eigenvalue weighted by Crippen LogP contribution is 2.08. The molecule has 0 aliphatic rings. The quantitative estimate of drug-likeness (QED) is 0.231. The van der Waals surface area contributed by atoms with Crippen LogP contribution in [-0.2, 0) is 11.3 Å². The van der Waals surface area contributed by atoms with E-state index in [0.29, 0.717) is 13.0 Å². The first kappa shape index (κ1) is 29.9. The van der Waals surface area contributed by atoms with E-state index in [1.54, 1.807) is 0 Å². The molecule has 1 atom stereocenters. The molecule has 0 bridgehead atoms. The number of carbonyl (C=O) groups excluding carboxylic acids is 1. The first-order valence-electron chi connectivity index (χ1n) is 11.4. The van der Waals surface area contributed by atoms with Crippen molar-refractivity contribution in [3.63, 3.8) is 0 Å². The number of allylic oxidation sites excluding steroid dienone is 2. The van der Waals surface area contributed by atoms with Crippen LogP contribution in [0.25, 0.3) is 0 Å². The number of nitrogens with one attached hydrogen (secondary N) is 1. The van der Waals surface area contributed by atoms with E-state index in [1.165, 1.54) is 12.8 Å². The summed E-state index contributed by atoms with van der Waals surface area (Å²) in [5.41, 5.74) is 1.04. The molecule has 0 heterocycles. The minimum atomic E-state index is -0.906. The summed E-state index contributed by atoms with van der Waals surface area (Å²) in [6.45, 7) is 12.6. The molecule has 0 spiro atoms. The number of benzene rings is 1. The molecule has 0 saturated heterocycles. The monoisotopic (exact) mass is 413 g/mol. The van der Waals surface area contributed by atoms with E-state index in [2.05, 4.69) is 43.3 Å². The van der Waals surface area contributed by atoms with Crippen molar-refractivity contribution in [2.24, 2.45) is 0 Å². The zero-order valence-electron chi connectivity index (χ0n) is 19.5. The van der Waals surface area contributed by atoms with E-state index in [-0.39, 0.29) is 5.91 Å². The summed E-state index contributed by atoms with van der Waals surface area (Å²) in [6, 6.07) is 9.73. The molecular formula is C27H43NO2. The summed E-state index contributed by atoms with van der Waals surface area (Å²) in [7, 11) is 0. The average Bonchev–Trinajstić information content (AvgIpc) is 2.81. The third-order valence-electron chi connectivity index (χ3n) is 4.17. The lowest BCUT2D eigenvalue weighted by molar-refractivity contribution is -0.129. The molecule has 3 heteroatoms. The van der Waals surface area contributed by atoms with E-state index in [1.807, 2.05) is 50.3 Å². The van der Waals surface area contributed by atoms with Crippen LogP contribution in [0.2, 0.25) is 0 Å². The van der Waals surface area contributed by atoms with Crippen LogP contribution >= 0.6 is 0 Å². The van der Waals surface area contributed by atoms with Gasteiger partial charge in [0.2, 0.25) is 5.91 Å². The largest absolute Gasteiger partial charge is 0.383 e. The van der Waals surface area contributed by atoms with Crippen LogP contribution in [-0.4, -0.2) is 17.1 Å². The van der Waals surface area contributed by atoms with Gasteiger partial charge in [-0.25, -0.2) is 0 Å². The second kappa shape index (κ2) is 24.7. The number of carbonyl (C=O) groups is 1. The third-order valence-corrected chi connectivity index (χ3v) is 4.17. The summed E-state index contributed by atoms with van der Waals surface area (Å²) in [5, 5.41) is 12.7. The highest BCUT2D eigenvalue weighted by atomic mass is 16.3. The molecule has 1 aromatic rings. The molecule has 0 fully saturated rings. The number of unbranched alkanes of at least 4 members (excludes halogenated alkanes) is 6. The van der Waals surface area contributed by atoms with Crippen molar-refractivity contribution in [1.29, 1.82) is 0 Å². The Kier molecular flexibility index (Phi) is 24.6. The Morgan fingerprint density at radius 3 is 2.43 bits per heavy atom. The van der Waals surface area contributed by atoms with Gasteiger partial charge in [0.05, 0.1) is 0 Å². The molecule has 0 aliphatic carbocycles. The highest BCUT2D eigenvalue weighted by molar-refractivity contribution is 5.80. The van der Waals surface area contributed by atoms with Crippen molar-refractivity contribution >= 4 is 5.91 Å². The minimum absolute atomic E-state index is 0.279. The molecular weight excluding hydrogens is 370 g/mol. The van der Waals surface area contributed by atoms with Gasteiger partial charge < -0.3 is 10.4 Å². The average molecular weight is 414 g/mol. The van der Waals surface area contributed by atoms with Crippen molar-refractivity contribution in [1.82, 2.24) is 5.32 Å². The fourth-order valence-corrected chi connectivity index (χ4v) is 2.53. The SMILES string of the molecule is C=C.CC.CCCCC#C/C=C/CCCCCCC(O)C(=O)NCc1ccccc1. The topological polar surface area (TPSA) is 49.3 Å². The second-order valence-electron chi connectivity index (χ2n) is 6.54. The van der Waals surface area contributed by atoms with Crippen LogP contribution in [0.4, 0.5) is 0 Å². The maximum Gasteiger partial charge on any atom is 0.249 e. The zero-order chi connectivity index (χ0) is 22.9. The van der Waals surface area contributed by atoms with Crippen molar-refractivity contribution in [3.05, 3.63) is 61.2 Å².